The topological polar surface area (TPSA) is 98.8 Å². The van der Waals surface area contributed by atoms with Gasteiger partial charge in [-0.25, -0.2) is 0 Å². The molecule has 3 rings (SSSR count). The average molecular weight is 405 g/mol. The van der Waals surface area contributed by atoms with Crippen LogP contribution in [0.5, 0.6) is 11.5 Å². The van der Waals surface area contributed by atoms with Crippen LogP contribution >= 0.6 is 11.8 Å². The third kappa shape index (κ3) is 4.89. The van der Waals surface area contributed by atoms with Crippen molar-refractivity contribution >= 4 is 39.1 Å². The smallest absolute Gasteiger partial charge is 0.313 e. The Hall–Kier alpha value is -2.78. The summed E-state index contributed by atoms with van der Waals surface area (Å²) in [5.74, 6) is -0.525. The molecule has 0 unspecified atom stereocenters. The molecule has 140 valence electrons. The molecule has 0 aromatic heterocycles. The van der Waals surface area contributed by atoms with Crippen LogP contribution in [-0.2, 0) is 20.7 Å². The molecule has 0 radical (unpaired) electrons. The number of imide groups is 1. The first kappa shape index (κ1) is 19.0. The number of amides is 2. The normalized spacial score (nSPS) is 15.7. The molecule has 0 spiro atoms. The maximum atomic E-state index is 12.3. The summed E-state index contributed by atoms with van der Waals surface area (Å²) in [5, 5.41) is 1.72. The number of carbonyl (C=O) groups excluding carboxylic acids is 2. The minimum atomic E-state index is -3.88. The van der Waals surface area contributed by atoms with Crippen molar-refractivity contribution in [3.05, 3.63) is 64.6 Å². The lowest BCUT2D eigenvalue weighted by Crippen LogP contribution is -2.17. The van der Waals surface area contributed by atoms with Gasteiger partial charge in [-0.1, -0.05) is 36.4 Å². The summed E-state index contributed by atoms with van der Waals surface area (Å²) < 4.78 is 35.0. The largest absolute Gasteiger partial charge is 0.493 e. The van der Waals surface area contributed by atoms with E-state index < -0.39 is 21.3 Å². The van der Waals surface area contributed by atoms with E-state index in [0.29, 0.717) is 11.1 Å². The highest BCUT2D eigenvalue weighted by molar-refractivity contribution is 8.18. The number of benzene rings is 2. The highest BCUT2D eigenvalue weighted by atomic mass is 32.2. The molecular formula is C18H15NO6S2. The Bertz CT molecular complexity index is 1020. The van der Waals surface area contributed by atoms with E-state index in [1.54, 1.807) is 36.4 Å². The highest BCUT2D eigenvalue weighted by Gasteiger charge is 2.25. The molecule has 1 fully saturated rings. The molecule has 0 aliphatic carbocycles. The molecule has 1 aliphatic heterocycles. The van der Waals surface area contributed by atoms with Gasteiger partial charge < -0.3 is 8.92 Å². The lowest BCUT2D eigenvalue weighted by atomic mass is 10.2. The first-order valence-electron chi connectivity index (χ1n) is 7.75. The molecule has 0 atom stereocenters. The van der Waals surface area contributed by atoms with E-state index in [2.05, 4.69) is 5.32 Å². The summed E-state index contributed by atoms with van der Waals surface area (Å²) in [6, 6.07) is 13.2. The summed E-state index contributed by atoms with van der Waals surface area (Å²) in [6.07, 6.45) is 1.51. The van der Waals surface area contributed by atoms with Crippen LogP contribution in [0.3, 0.4) is 0 Å². The fraction of sp³-hybridized carbons (Fsp3) is 0.111. The van der Waals surface area contributed by atoms with Crippen LogP contribution in [0.1, 0.15) is 11.1 Å². The van der Waals surface area contributed by atoms with Crippen LogP contribution in [0.4, 0.5) is 4.79 Å². The van der Waals surface area contributed by atoms with E-state index in [-0.39, 0.29) is 22.2 Å². The van der Waals surface area contributed by atoms with Gasteiger partial charge in [-0.15, -0.1) is 0 Å². The first-order valence-corrected chi connectivity index (χ1v) is 10.1. The third-order valence-electron chi connectivity index (χ3n) is 3.53. The van der Waals surface area contributed by atoms with Gasteiger partial charge in [0, 0.05) is 0 Å². The lowest BCUT2D eigenvalue weighted by molar-refractivity contribution is -0.115. The fourth-order valence-electron chi connectivity index (χ4n) is 2.36. The van der Waals surface area contributed by atoms with Gasteiger partial charge in [0.25, 0.3) is 11.1 Å². The van der Waals surface area contributed by atoms with Crippen molar-refractivity contribution in [3.8, 4) is 11.5 Å². The Morgan fingerprint density at radius 1 is 1.07 bits per heavy atom. The maximum absolute atomic E-state index is 12.3. The Morgan fingerprint density at radius 2 is 1.81 bits per heavy atom. The zero-order valence-electron chi connectivity index (χ0n) is 14.2. The first-order chi connectivity index (χ1) is 12.9. The second-order valence-electron chi connectivity index (χ2n) is 5.53. The van der Waals surface area contributed by atoms with E-state index in [4.69, 9.17) is 8.92 Å². The molecule has 1 aliphatic rings. The van der Waals surface area contributed by atoms with Crippen molar-refractivity contribution in [2.75, 3.05) is 7.11 Å². The van der Waals surface area contributed by atoms with Gasteiger partial charge in [-0.2, -0.15) is 8.42 Å². The standard InChI is InChI=1S/C18H15NO6S2/c1-24-15-9-13(10-16-17(20)19-18(21)26-16)7-8-14(15)25-27(22,23)11-12-5-3-2-4-6-12/h2-10H,11H2,1H3,(H,19,20,21)/b16-10-. The summed E-state index contributed by atoms with van der Waals surface area (Å²) in [4.78, 5) is 23.1. The number of ether oxygens (including phenoxy) is 1. The molecule has 27 heavy (non-hydrogen) atoms. The lowest BCUT2D eigenvalue weighted by Gasteiger charge is -2.11. The summed E-state index contributed by atoms with van der Waals surface area (Å²) >= 11 is 0.791. The number of rotatable bonds is 6. The van der Waals surface area contributed by atoms with Crippen LogP contribution in [-0.4, -0.2) is 26.7 Å². The minimum Gasteiger partial charge on any atom is -0.493 e. The van der Waals surface area contributed by atoms with E-state index in [1.165, 1.54) is 25.3 Å². The second-order valence-corrected chi connectivity index (χ2v) is 8.12. The molecule has 1 N–H and O–H groups in total. The summed E-state index contributed by atoms with van der Waals surface area (Å²) in [6.45, 7) is 0. The van der Waals surface area contributed by atoms with Crippen molar-refractivity contribution in [1.82, 2.24) is 5.32 Å². The van der Waals surface area contributed by atoms with E-state index in [0.717, 1.165) is 11.8 Å². The van der Waals surface area contributed by atoms with Crippen molar-refractivity contribution in [2.24, 2.45) is 0 Å². The number of thioether (sulfide) groups is 1. The van der Waals surface area contributed by atoms with Gasteiger partial charge in [0.1, 0.15) is 5.75 Å². The van der Waals surface area contributed by atoms with Crippen molar-refractivity contribution in [2.45, 2.75) is 5.75 Å². The molecule has 0 saturated carbocycles. The Labute approximate surface area is 160 Å². The molecule has 7 nitrogen and oxygen atoms in total. The minimum absolute atomic E-state index is 0.0372. The van der Waals surface area contributed by atoms with Crippen LogP contribution in [0.15, 0.2) is 53.4 Å². The molecule has 0 bridgehead atoms. The predicted octanol–water partition coefficient (Wildman–Crippen LogP) is 2.93. The second kappa shape index (κ2) is 7.85. The zero-order chi connectivity index (χ0) is 19.4. The quantitative estimate of drug-likeness (QED) is 0.583. The SMILES string of the molecule is COc1cc(/C=C2\SC(=O)NC2=O)ccc1OS(=O)(=O)Cc1ccccc1. The van der Waals surface area contributed by atoms with E-state index >= 15 is 0 Å². The van der Waals surface area contributed by atoms with Gasteiger partial charge >= 0.3 is 10.1 Å². The summed E-state index contributed by atoms with van der Waals surface area (Å²) in [5.41, 5.74) is 1.17. The van der Waals surface area contributed by atoms with Crippen LogP contribution in [0, 0.1) is 0 Å². The van der Waals surface area contributed by atoms with Gasteiger partial charge in [0.15, 0.2) is 11.5 Å². The van der Waals surface area contributed by atoms with Crippen molar-refractivity contribution in [1.29, 1.82) is 0 Å². The highest BCUT2D eigenvalue weighted by Crippen LogP contribution is 2.32. The zero-order valence-corrected chi connectivity index (χ0v) is 15.8. The summed E-state index contributed by atoms with van der Waals surface area (Å²) in [7, 11) is -2.50. The third-order valence-corrected chi connectivity index (χ3v) is 5.46. The molecule has 2 amide bonds. The molecule has 2 aromatic carbocycles. The molecule has 1 heterocycles. The van der Waals surface area contributed by atoms with E-state index in [1.807, 2.05) is 0 Å². The number of methoxy groups -OCH3 is 1. The van der Waals surface area contributed by atoms with Crippen molar-refractivity contribution < 1.29 is 26.9 Å². The monoisotopic (exact) mass is 405 g/mol. The van der Waals surface area contributed by atoms with Crippen LogP contribution < -0.4 is 14.2 Å². The van der Waals surface area contributed by atoms with E-state index in [9.17, 15) is 18.0 Å². The number of carbonyl (C=O) groups is 2. The molecule has 2 aromatic rings. The fourth-order valence-corrected chi connectivity index (χ4v) is 4.11. The van der Waals surface area contributed by atoms with Gasteiger partial charge in [0.2, 0.25) is 0 Å². The van der Waals surface area contributed by atoms with Crippen LogP contribution in [0.25, 0.3) is 6.08 Å². The number of hydrogen-bond acceptors (Lipinski definition) is 7. The van der Waals surface area contributed by atoms with Crippen LogP contribution in [0.2, 0.25) is 0 Å². The Morgan fingerprint density at radius 3 is 2.44 bits per heavy atom. The van der Waals surface area contributed by atoms with Gasteiger partial charge in [-0.05, 0) is 41.1 Å². The van der Waals surface area contributed by atoms with Gasteiger partial charge in [0.05, 0.1) is 12.0 Å². The Kier molecular flexibility index (Phi) is 5.52. The average Bonchev–Trinajstić information content (AvgIpc) is 2.93. The van der Waals surface area contributed by atoms with Crippen molar-refractivity contribution in [3.63, 3.8) is 0 Å². The van der Waals surface area contributed by atoms with Gasteiger partial charge in [-0.3, -0.25) is 14.9 Å². The molecule has 1 saturated heterocycles. The Balaban J connectivity index is 1.81. The number of hydrogen-bond donors (Lipinski definition) is 1. The number of nitrogens with one attached hydrogen (secondary N) is 1. The molecule has 9 heteroatoms. The molecular weight excluding hydrogens is 390 g/mol. The maximum Gasteiger partial charge on any atom is 0.313 e. The predicted molar refractivity (Wildman–Crippen MR) is 102 cm³/mol.